The molecule has 184 valence electrons. The molecule has 2 amide bonds. The van der Waals surface area contributed by atoms with E-state index in [0.717, 1.165) is 5.56 Å². The fraction of sp³-hybridized carbons (Fsp3) is 0.185. The van der Waals surface area contributed by atoms with Crippen LogP contribution in [-0.4, -0.2) is 32.2 Å². The molecule has 0 aliphatic rings. The Labute approximate surface area is 209 Å². The minimum Gasteiger partial charge on any atom is -0.497 e. The number of amides is 2. The van der Waals surface area contributed by atoms with Gasteiger partial charge >= 0.3 is 0 Å². The lowest BCUT2D eigenvalue weighted by Gasteiger charge is -2.12. The largest absolute Gasteiger partial charge is 0.497 e. The van der Waals surface area contributed by atoms with Crippen LogP contribution in [0.5, 0.6) is 17.2 Å². The maximum atomic E-state index is 12.0. The van der Waals surface area contributed by atoms with Crippen LogP contribution in [0.1, 0.15) is 29.5 Å². The molecule has 0 heterocycles. The van der Waals surface area contributed by atoms with Gasteiger partial charge in [0.15, 0.2) is 11.5 Å². The van der Waals surface area contributed by atoms with Gasteiger partial charge in [-0.3, -0.25) is 9.59 Å². The predicted octanol–water partition coefficient (Wildman–Crippen LogP) is 4.02. The Hall–Kier alpha value is -4.84. The van der Waals surface area contributed by atoms with Crippen LogP contribution in [0.2, 0.25) is 0 Å². The normalized spacial score (nSPS) is 10.4. The zero-order valence-corrected chi connectivity index (χ0v) is 20.0. The third-order valence-electron chi connectivity index (χ3n) is 5.06. The van der Waals surface area contributed by atoms with E-state index in [2.05, 4.69) is 21.9 Å². The molecule has 9 nitrogen and oxygen atoms in total. The quantitative estimate of drug-likeness (QED) is 0.312. The molecule has 9 heteroatoms. The Kier molecular flexibility index (Phi) is 9.42. The number of nitrogens with one attached hydrogen (secondary N) is 2. The Morgan fingerprint density at radius 2 is 1.69 bits per heavy atom. The molecule has 3 rings (SSSR count). The number of hydrogen-bond donors (Lipinski definition) is 2. The maximum absolute atomic E-state index is 12.0. The van der Waals surface area contributed by atoms with Gasteiger partial charge in [0.25, 0.3) is 0 Å². The summed E-state index contributed by atoms with van der Waals surface area (Å²) in [5.74, 6) is 1.01. The number of methoxy groups -OCH3 is 2. The zero-order chi connectivity index (χ0) is 25.8. The van der Waals surface area contributed by atoms with E-state index in [0.29, 0.717) is 34.1 Å². The lowest BCUT2D eigenvalue weighted by molar-refractivity contribution is -0.124. The van der Waals surface area contributed by atoms with E-state index in [1.165, 1.54) is 13.3 Å². The Balaban J connectivity index is 1.47. The van der Waals surface area contributed by atoms with Crippen LogP contribution in [0.4, 0.5) is 5.69 Å². The third-order valence-corrected chi connectivity index (χ3v) is 5.06. The summed E-state index contributed by atoms with van der Waals surface area (Å²) in [4.78, 5) is 24.1. The molecule has 0 spiro atoms. The summed E-state index contributed by atoms with van der Waals surface area (Å²) in [5.41, 5.74) is 5.03. The van der Waals surface area contributed by atoms with Crippen LogP contribution in [0.25, 0.3) is 0 Å². The average Bonchev–Trinajstić information content (AvgIpc) is 2.91. The van der Waals surface area contributed by atoms with E-state index in [-0.39, 0.29) is 31.3 Å². The average molecular weight is 487 g/mol. The van der Waals surface area contributed by atoms with Gasteiger partial charge < -0.3 is 19.5 Å². The summed E-state index contributed by atoms with van der Waals surface area (Å²) < 4.78 is 16.3. The topological polar surface area (TPSA) is 122 Å². The first-order chi connectivity index (χ1) is 17.5. The molecule has 36 heavy (non-hydrogen) atoms. The molecule has 2 N–H and O–H groups in total. The van der Waals surface area contributed by atoms with E-state index in [9.17, 15) is 14.9 Å². The molecule has 3 aromatic carbocycles. The number of carbonyl (C=O) groups excluding carboxylic acids is 2. The van der Waals surface area contributed by atoms with Crippen LogP contribution in [0.3, 0.4) is 0 Å². The summed E-state index contributed by atoms with van der Waals surface area (Å²) in [6.07, 6.45) is 1.47. The van der Waals surface area contributed by atoms with Crippen molar-refractivity contribution in [2.45, 2.75) is 19.4 Å². The van der Waals surface area contributed by atoms with Crippen molar-refractivity contribution in [2.24, 2.45) is 5.10 Å². The SMILES string of the molecule is COc1ccc(NC(=O)CCC(=O)NN=Cc2ccc(OCc3ccccc3C#N)c(OC)c2)cc1. The number of nitrogens with zero attached hydrogens (tertiary/aromatic N) is 2. The standard InChI is InChI=1S/C27H26N4O5/c1-34-23-10-8-22(9-11-23)30-26(32)13-14-27(33)31-29-17-19-7-12-24(25(15-19)35-2)36-18-21-6-4-3-5-20(21)16-28/h3-12,15,17H,13-14,18H2,1-2H3,(H,30,32)(H,31,33). The summed E-state index contributed by atoms with van der Waals surface area (Å²) in [5, 5.41) is 15.9. The maximum Gasteiger partial charge on any atom is 0.240 e. The van der Waals surface area contributed by atoms with Crippen molar-refractivity contribution < 1.29 is 23.8 Å². The number of hydrogen-bond acceptors (Lipinski definition) is 7. The number of benzene rings is 3. The molecule has 0 saturated carbocycles. The molecule has 0 aromatic heterocycles. The zero-order valence-electron chi connectivity index (χ0n) is 20.0. The van der Waals surface area contributed by atoms with Gasteiger partial charge in [-0.15, -0.1) is 0 Å². The van der Waals surface area contributed by atoms with Crippen molar-refractivity contribution in [3.63, 3.8) is 0 Å². The third kappa shape index (κ3) is 7.60. The summed E-state index contributed by atoms with van der Waals surface area (Å²) in [6.45, 7) is 0.218. The van der Waals surface area contributed by atoms with Gasteiger partial charge in [-0.05, 0) is 54.1 Å². The van der Waals surface area contributed by atoms with E-state index in [1.54, 1.807) is 61.7 Å². The van der Waals surface area contributed by atoms with Gasteiger partial charge in [-0.25, -0.2) is 5.43 Å². The molecule has 0 atom stereocenters. The summed E-state index contributed by atoms with van der Waals surface area (Å²) in [7, 11) is 3.08. The first kappa shape index (κ1) is 25.8. The van der Waals surface area contributed by atoms with Crippen molar-refractivity contribution in [2.75, 3.05) is 19.5 Å². The van der Waals surface area contributed by atoms with Gasteiger partial charge in [0, 0.05) is 24.1 Å². The number of rotatable bonds is 11. The van der Waals surface area contributed by atoms with Crippen molar-refractivity contribution in [1.29, 1.82) is 5.26 Å². The first-order valence-electron chi connectivity index (χ1n) is 11.1. The van der Waals surface area contributed by atoms with E-state index in [4.69, 9.17) is 14.2 Å². The molecule has 0 saturated heterocycles. The molecule has 0 unspecified atom stereocenters. The number of hydrazone groups is 1. The van der Waals surface area contributed by atoms with Gasteiger partial charge in [0.1, 0.15) is 12.4 Å². The van der Waals surface area contributed by atoms with Gasteiger partial charge in [-0.1, -0.05) is 18.2 Å². The van der Waals surface area contributed by atoms with Crippen molar-refractivity contribution in [3.05, 3.63) is 83.4 Å². The van der Waals surface area contributed by atoms with Crippen LogP contribution < -0.4 is 25.0 Å². The Bertz CT molecular complexity index is 1270. The fourth-order valence-corrected chi connectivity index (χ4v) is 3.15. The minimum absolute atomic E-state index is 0.0143. The molecular formula is C27H26N4O5. The number of anilines is 1. The molecule has 0 aliphatic carbocycles. The second kappa shape index (κ2) is 13.2. The summed E-state index contributed by atoms with van der Waals surface area (Å²) >= 11 is 0. The van der Waals surface area contributed by atoms with Crippen LogP contribution >= 0.6 is 0 Å². The highest BCUT2D eigenvalue weighted by molar-refractivity contribution is 5.93. The highest BCUT2D eigenvalue weighted by Gasteiger charge is 2.09. The highest BCUT2D eigenvalue weighted by atomic mass is 16.5. The van der Waals surface area contributed by atoms with Gasteiger partial charge in [-0.2, -0.15) is 10.4 Å². The molecule has 0 bridgehead atoms. The molecule has 0 radical (unpaired) electrons. The van der Waals surface area contributed by atoms with E-state index >= 15 is 0 Å². The Morgan fingerprint density at radius 1 is 0.944 bits per heavy atom. The van der Waals surface area contributed by atoms with Crippen LogP contribution in [0.15, 0.2) is 71.8 Å². The number of nitriles is 1. The molecule has 0 aliphatic heterocycles. The van der Waals surface area contributed by atoms with E-state index in [1.807, 2.05) is 12.1 Å². The fourth-order valence-electron chi connectivity index (χ4n) is 3.15. The number of carbonyl (C=O) groups is 2. The van der Waals surface area contributed by atoms with E-state index < -0.39 is 0 Å². The lowest BCUT2D eigenvalue weighted by Crippen LogP contribution is -2.20. The summed E-state index contributed by atoms with van der Waals surface area (Å²) in [6, 6.07) is 21.4. The van der Waals surface area contributed by atoms with Crippen LogP contribution in [0, 0.1) is 11.3 Å². The highest BCUT2D eigenvalue weighted by Crippen LogP contribution is 2.28. The monoisotopic (exact) mass is 486 g/mol. The van der Waals surface area contributed by atoms with Crippen molar-refractivity contribution in [3.8, 4) is 23.3 Å². The van der Waals surface area contributed by atoms with Crippen molar-refractivity contribution in [1.82, 2.24) is 5.43 Å². The van der Waals surface area contributed by atoms with Gasteiger partial charge in [0.05, 0.1) is 32.1 Å². The first-order valence-corrected chi connectivity index (χ1v) is 11.1. The lowest BCUT2D eigenvalue weighted by atomic mass is 10.1. The smallest absolute Gasteiger partial charge is 0.240 e. The predicted molar refractivity (Wildman–Crippen MR) is 135 cm³/mol. The second-order valence-corrected chi connectivity index (χ2v) is 7.54. The molecular weight excluding hydrogens is 460 g/mol. The van der Waals surface area contributed by atoms with Crippen molar-refractivity contribution >= 4 is 23.7 Å². The number of ether oxygens (including phenoxy) is 3. The van der Waals surface area contributed by atoms with Crippen LogP contribution in [-0.2, 0) is 16.2 Å². The second-order valence-electron chi connectivity index (χ2n) is 7.54. The molecule has 3 aromatic rings. The Morgan fingerprint density at radius 3 is 2.42 bits per heavy atom. The minimum atomic E-state index is -0.390. The molecule has 0 fully saturated rings. The van der Waals surface area contributed by atoms with Gasteiger partial charge in [0.2, 0.25) is 11.8 Å².